The number of aromatic nitrogens is 5. The molecule has 0 saturated heterocycles. The summed E-state index contributed by atoms with van der Waals surface area (Å²) in [6, 6.07) is 18.8. The number of benzene rings is 2. The highest BCUT2D eigenvalue weighted by Gasteiger charge is 2.17. The van der Waals surface area contributed by atoms with Crippen molar-refractivity contribution in [2.45, 2.75) is 19.8 Å². The third-order valence-corrected chi connectivity index (χ3v) is 4.84. The van der Waals surface area contributed by atoms with Gasteiger partial charge in [0.15, 0.2) is 5.82 Å². The molecule has 2 aromatic heterocycles. The molecular weight excluding hydrogens is 400 g/mol. The highest BCUT2D eigenvalue weighted by Crippen LogP contribution is 2.23. The van der Waals surface area contributed by atoms with Gasteiger partial charge in [-0.2, -0.15) is 10.2 Å². The number of halogens is 1. The van der Waals surface area contributed by atoms with Crippen LogP contribution in [0.25, 0.3) is 16.9 Å². The fraction of sp³-hybridized carbons (Fsp3) is 0.182. The number of hydrogen-bond acceptors (Lipinski definition) is 4. The molecule has 2 aromatic carbocycles. The predicted molar refractivity (Wildman–Crippen MR) is 116 cm³/mol. The van der Waals surface area contributed by atoms with Gasteiger partial charge in [0.2, 0.25) is 0 Å². The maximum absolute atomic E-state index is 12.9. The van der Waals surface area contributed by atoms with Crippen LogP contribution >= 0.6 is 11.6 Å². The van der Waals surface area contributed by atoms with Crippen molar-refractivity contribution in [2.75, 3.05) is 6.54 Å². The number of nitrogens with one attached hydrogen (secondary N) is 2. The van der Waals surface area contributed by atoms with Crippen LogP contribution in [0.2, 0.25) is 5.02 Å². The number of carbonyl (C=O) groups excluding carboxylic acids is 1. The number of aromatic amines is 1. The SMILES string of the molecule is Cc1nc(CCCNC(=O)c2cc(-c3ccc(Cl)cc3)nn2-c2ccccc2)n[nH]1. The zero-order valence-electron chi connectivity index (χ0n) is 16.5. The standard InChI is InChI=1S/C22H21ClN6O/c1-15-25-21(27-26-15)8-5-13-24-22(30)20-14-19(16-9-11-17(23)12-10-16)28-29(20)18-6-3-2-4-7-18/h2-4,6-7,9-12,14H,5,8,13H2,1H3,(H,24,30)(H,25,26,27). The first-order valence-corrected chi connectivity index (χ1v) is 10.1. The summed E-state index contributed by atoms with van der Waals surface area (Å²) in [7, 11) is 0. The van der Waals surface area contributed by atoms with Gasteiger partial charge in [0.1, 0.15) is 11.5 Å². The van der Waals surface area contributed by atoms with Crippen LogP contribution in [0.4, 0.5) is 0 Å². The minimum absolute atomic E-state index is 0.183. The van der Waals surface area contributed by atoms with Crippen LogP contribution in [0.5, 0.6) is 0 Å². The van der Waals surface area contributed by atoms with Crippen molar-refractivity contribution >= 4 is 17.5 Å². The van der Waals surface area contributed by atoms with E-state index in [0.29, 0.717) is 29.4 Å². The highest BCUT2D eigenvalue weighted by molar-refractivity contribution is 6.30. The van der Waals surface area contributed by atoms with Crippen molar-refractivity contribution in [3.05, 3.63) is 83.0 Å². The van der Waals surface area contributed by atoms with E-state index < -0.39 is 0 Å². The number of H-pyrrole nitrogens is 1. The minimum atomic E-state index is -0.183. The number of carbonyl (C=O) groups is 1. The lowest BCUT2D eigenvalue weighted by Crippen LogP contribution is -2.27. The summed E-state index contributed by atoms with van der Waals surface area (Å²) in [4.78, 5) is 17.2. The molecule has 1 amide bonds. The second kappa shape index (κ2) is 8.92. The summed E-state index contributed by atoms with van der Waals surface area (Å²) >= 11 is 6.00. The van der Waals surface area contributed by atoms with E-state index in [2.05, 4.69) is 25.6 Å². The molecule has 0 bridgehead atoms. The lowest BCUT2D eigenvalue weighted by Gasteiger charge is -2.08. The van der Waals surface area contributed by atoms with Crippen molar-refractivity contribution in [2.24, 2.45) is 0 Å². The van der Waals surface area contributed by atoms with Gasteiger partial charge in [-0.05, 0) is 43.7 Å². The molecular formula is C22H21ClN6O. The monoisotopic (exact) mass is 420 g/mol. The number of hydrogen-bond donors (Lipinski definition) is 2. The topological polar surface area (TPSA) is 88.5 Å². The molecule has 0 aliphatic heterocycles. The number of amides is 1. The van der Waals surface area contributed by atoms with Gasteiger partial charge in [-0.3, -0.25) is 9.89 Å². The van der Waals surface area contributed by atoms with Gasteiger partial charge in [0.05, 0.1) is 11.4 Å². The van der Waals surface area contributed by atoms with Gasteiger partial charge in [-0.15, -0.1) is 0 Å². The summed E-state index contributed by atoms with van der Waals surface area (Å²) in [5.74, 6) is 1.36. The number of para-hydroxylation sites is 1. The molecule has 0 atom stereocenters. The largest absolute Gasteiger partial charge is 0.351 e. The first-order valence-electron chi connectivity index (χ1n) is 9.67. The highest BCUT2D eigenvalue weighted by atomic mass is 35.5. The summed E-state index contributed by atoms with van der Waals surface area (Å²) in [6.45, 7) is 2.38. The number of rotatable bonds is 7. The van der Waals surface area contributed by atoms with Crippen LogP contribution in [0.1, 0.15) is 28.6 Å². The molecule has 0 fully saturated rings. The summed E-state index contributed by atoms with van der Waals surface area (Å²) in [5, 5.41) is 15.2. The first-order chi connectivity index (χ1) is 14.6. The zero-order chi connectivity index (χ0) is 20.9. The molecule has 2 heterocycles. The Morgan fingerprint density at radius 1 is 1.13 bits per heavy atom. The molecule has 30 heavy (non-hydrogen) atoms. The molecule has 4 aromatic rings. The fourth-order valence-electron chi connectivity index (χ4n) is 3.11. The van der Waals surface area contributed by atoms with Crippen LogP contribution in [-0.2, 0) is 6.42 Å². The van der Waals surface area contributed by atoms with Crippen molar-refractivity contribution in [1.82, 2.24) is 30.3 Å². The van der Waals surface area contributed by atoms with Gasteiger partial charge in [0, 0.05) is 23.6 Å². The van der Waals surface area contributed by atoms with Gasteiger partial charge in [0.25, 0.3) is 5.91 Å². The zero-order valence-corrected chi connectivity index (χ0v) is 17.2. The second-order valence-corrected chi connectivity index (χ2v) is 7.30. The van der Waals surface area contributed by atoms with E-state index >= 15 is 0 Å². The van der Waals surface area contributed by atoms with Crippen molar-refractivity contribution in [1.29, 1.82) is 0 Å². The van der Waals surface area contributed by atoms with E-state index in [0.717, 1.165) is 29.3 Å². The summed E-state index contributed by atoms with van der Waals surface area (Å²) < 4.78 is 1.66. The van der Waals surface area contributed by atoms with Crippen molar-refractivity contribution < 1.29 is 4.79 Å². The maximum atomic E-state index is 12.9. The molecule has 4 rings (SSSR count). The Morgan fingerprint density at radius 3 is 2.60 bits per heavy atom. The van der Waals surface area contributed by atoms with Crippen molar-refractivity contribution in [3.63, 3.8) is 0 Å². The molecule has 0 unspecified atom stereocenters. The predicted octanol–water partition coefficient (Wildman–Crippen LogP) is 3.98. The third kappa shape index (κ3) is 4.58. The molecule has 0 saturated carbocycles. The average Bonchev–Trinajstić information content (AvgIpc) is 3.39. The minimum Gasteiger partial charge on any atom is -0.351 e. The molecule has 8 heteroatoms. The van der Waals surface area contributed by atoms with E-state index in [-0.39, 0.29) is 5.91 Å². The van der Waals surface area contributed by atoms with Gasteiger partial charge >= 0.3 is 0 Å². The number of nitrogens with zero attached hydrogens (tertiary/aromatic N) is 4. The summed E-state index contributed by atoms with van der Waals surface area (Å²) in [5.41, 5.74) is 2.89. The van der Waals surface area contributed by atoms with E-state index in [1.165, 1.54) is 0 Å². The first kappa shape index (κ1) is 19.8. The molecule has 152 valence electrons. The van der Waals surface area contributed by atoms with E-state index in [9.17, 15) is 4.79 Å². The van der Waals surface area contributed by atoms with Gasteiger partial charge in [-0.25, -0.2) is 9.67 Å². The lowest BCUT2D eigenvalue weighted by molar-refractivity contribution is 0.0945. The molecule has 7 nitrogen and oxygen atoms in total. The Balaban J connectivity index is 1.52. The Bertz CT molecular complexity index is 1130. The average molecular weight is 421 g/mol. The van der Waals surface area contributed by atoms with E-state index in [1.54, 1.807) is 10.7 Å². The van der Waals surface area contributed by atoms with Crippen LogP contribution < -0.4 is 5.32 Å². The maximum Gasteiger partial charge on any atom is 0.270 e. The Kier molecular flexibility index (Phi) is 5.90. The summed E-state index contributed by atoms with van der Waals surface area (Å²) in [6.07, 6.45) is 1.44. The van der Waals surface area contributed by atoms with Crippen LogP contribution in [0.3, 0.4) is 0 Å². The molecule has 0 aliphatic rings. The van der Waals surface area contributed by atoms with E-state index in [1.807, 2.05) is 61.5 Å². The Labute approximate surface area is 179 Å². The van der Waals surface area contributed by atoms with Crippen LogP contribution in [0, 0.1) is 6.92 Å². The second-order valence-electron chi connectivity index (χ2n) is 6.87. The normalized spacial score (nSPS) is 10.9. The number of aryl methyl sites for hydroxylation is 2. The van der Waals surface area contributed by atoms with Crippen LogP contribution in [-0.4, -0.2) is 37.4 Å². The van der Waals surface area contributed by atoms with Gasteiger partial charge < -0.3 is 5.32 Å². The molecule has 0 spiro atoms. The smallest absolute Gasteiger partial charge is 0.270 e. The Morgan fingerprint density at radius 2 is 1.90 bits per heavy atom. The lowest BCUT2D eigenvalue weighted by atomic mass is 10.1. The fourth-order valence-corrected chi connectivity index (χ4v) is 3.24. The molecule has 0 aliphatic carbocycles. The van der Waals surface area contributed by atoms with Gasteiger partial charge in [-0.1, -0.05) is 41.9 Å². The molecule has 2 N–H and O–H groups in total. The van der Waals surface area contributed by atoms with E-state index in [4.69, 9.17) is 11.6 Å². The van der Waals surface area contributed by atoms with Crippen molar-refractivity contribution in [3.8, 4) is 16.9 Å². The third-order valence-electron chi connectivity index (χ3n) is 4.59. The molecule has 0 radical (unpaired) electrons. The Hall–Kier alpha value is -3.45. The quantitative estimate of drug-likeness (QED) is 0.442. The van der Waals surface area contributed by atoms with Crippen LogP contribution in [0.15, 0.2) is 60.7 Å².